The summed E-state index contributed by atoms with van der Waals surface area (Å²) in [6, 6.07) is 12.4. The molecule has 1 fully saturated rings. The second kappa shape index (κ2) is 8.39. The number of rotatable bonds is 5. The summed E-state index contributed by atoms with van der Waals surface area (Å²) >= 11 is 0. The largest absolute Gasteiger partial charge is 0.497 e. The molecule has 1 saturated heterocycles. The van der Waals surface area contributed by atoms with Gasteiger partial charge in [0.1, 0.15) is 17.2 Å². The number of piperidine rings is 1. The molecule has 150 valence electrons. The smallest absolute Gasteiger partial charge is 0.260 e. The number of likely N-dealkylation sites (tertiary alicyclic amines) is 1. The molecule has 0 N–H and O–H groups in total. The van der Waals surface area contributed by atoms with Crippen molar-refractivity contribution in [1.29, 1.82) is 0 Å². The first kappa shape index (κ1) is 19.1. The molecule has 2 aliphatic rings. The number of hydrogen-bond acceptors (Lipinski definition) is 5. The highest BCUT2D eigenvalue weighted by molar-refractivity contribution is 6.14. The van der Waals surface area contributed by atoms with Gasteiger partial charge in [-0.05, 0) is 55.2 Å². The SMILES string of the molecule is COc1ccc(C=C2Oc3cc(OCC(=O)N4CCCCC4)ccc3C2=O)cc1. The van der Waals surface area contributed by atoms with Crippen LogP contribution in [0.3, 0.4) is 0 Å². The van der Waals surface area contributed by atoms with Crippen molar-refractivity contribution < 1.29 is 23.8 Å². The molecular weight excluding hydrogens is 370 g/mol. The Bertz CT molecular complexity index is 942. The van der Waals surface area contributed by atoms with Crippen LogP contribution in [0.15, 0.2) is 48.2 Å². The van der Waals surface area contributed by atoms with Crippen molar-refractivity contribution in [2.75, 3.05) is 26.8 Å². The molecule has 0 bridgehead atoms. The van der Waals surface area contributed by atoms with E-state index >= 15 is 0 Å². The minimum absolute atomic E-state index is 0.0118. The molecular formula is C23H23NO5. The van der Waals surface area contributed by atoms with Crippen molar-refractivity contribution in [2.24, 2.45) is 0 Å². The van der Waals surface area contributed by atoms with E-state index in [1.165, 1.54) is 6.42 Å². The third-order valence-corrected chi connectivity index (χ3v) is 5.13. The van der Waals surface area contributed by atoms with E-state index in [0.717, 1.165) is 37.2 Å². The van der Waals surface area contributed by atoms with Crippen LogP contribution in [0, 0.1) is 0 Å². The number of carbonyl (C=O) groups is 2. The monoisotopic (exact) mass is 393 g/mol. The molecule has 29 heavy (non-hydrogen) atoms. The molecule has 0 saturated carbocycles. The number of hydrogen-bond donors (Lipinski definition) is 0. The van der Waals surface area contributed by atoms with Crippen LogP contribution < -0.4 is 14.2 Å². The van der Waals surface area contributed by atoms with Crippen LogP contribution in [0.5, 0.6) is 17.2 Å². The van der Waals surface area contributed by atoms with E-state index in [2.05, 4.69) is 0 Å². The Labute approximate surface area is 169 Å². The molecule has 6 heteroatoms. The lowest BCUT2D eigenvalue weighted by Gasteiger charge is -2.26. The molecule has 0 spiro atoms. The van der Waals surface area contributed by atoms with Crippen LogP contribution in [0.25, 0.3) is 6.08 Å². The summed E-state index contributed by atoms with van der Waals surface area (Å²) in [5.74, 6) is 1.76. The minimum atomic E-state index is -0.174. The Morgan fingerprint density at radius 1 is 1.07 bits per heavy atom. The average Bonchev–Trinajstić information content (AvgIpc) is 3.07. The molecule has 2 aromatic rings. The van der Waals surface area contributed by atoms with Gasteiger partial charge in [-0.25, -0.2) is 0 Å². The van der Waals surface area contributed by atoms with Crippen LogP contribution in [0.2, 0.25) is 0 Å². The van der Waals surface area contributed by atoms with Gasteiger partial charge in [0.15, 0.2) is 12.4 Å². The summed E-state index contributed by atoms with van der Waals surface area (Å²) in [6.07, 6.45) is 4.96. The van der Waals surface area contributed by atoms with Crippen molar-refractivity contribution in [3.8, 4) is 17.2 Å². The number of Topliss-reactive ketones (excluding diaryl/α,β-unsaturated/α-hetero) is 1. The van der Waals surface area contributed by atoms with Crippen LogP contribution in [0.1, 0.15) is 35.2 Å². The van der Waals surface area contributed by atoms with E-state index in [-0.39, 0.29) is 24.1 Å². The molecule has 0 aliphatic carbocycles. The van der Waals surface area contributed by atoms with Crippen molar-refractivity contribution in [2.45, 2.75) is 19.3 Å². The lowest BCUT2D eigenvalue weighted by molar-refractivity contribution is -0.134. The average molecular weight is 393 g/mol. The first-order chi connectivity index (χ1) is 14.1. The number of ketones is 1. The standard InChI is InChI=1S/C23H23NO5/c1-27-17-7-5-16(6-8-17)13-21-23(26)19-10-9-18(14-20(19)29-21)28-15-22(25)24-11-3-2-4-12-24/h5-10,13-14H,2-4,11-12,15H2,1H3. The van der Waals surface area contributed by atoms with Crippen LogP contribution in [0.4, 0.5) is 0 Å². The summed E-state index contributed by atoms with van der Waals surface area (Å²) in [5.41, 5.74) is 1.32. The van der Waals surface area contributed by atoms with E-state index in [4.69, 9.17) is 14.2 Å². The van der Waals surface area contributed by atoms with Gasteiger partial charge in [-0.15, -0.1) is 0 Å². The maximum absolute atomic E-state index is 12.6. The maximum Gasteiger partial charge on any atom is 0.260 e. The lowest BCUT2D eigenvalue weighted by atomic mass is 10.1. The van der Waals surface area contributed by atoms with Crippen molar-refractivity contribution >= 4 is 17.8 Å². The van der Waals surface area contributed by atoms with Gasteiger partial charge < -0.3 is 19.1 Å². The second-order valence-corrected chi connectivity index (χ2v) is 7.10. The number of nitrogens with zero attached hydrogens (tertiary/aromatic N) is 1. The summed E-state index contributed by atoms with van der Waals surface area (Å²) in [6.45, 7) is 1.58. The fourth-order valence-electron chi connectivity index (χ4n) is 3.49. The molecule has 6 nitrogen and oxygen atoms in total. The molecule has 0 aromatic heterocycles. The van der Waals surface area contributed by atoms with Gasteiger partial charge in [-0.2, -0.15) is 0 Å². The quantitative estimate of drug-likeness (QED) is 0.725. The maximum atomic E-state index is 12.6. The molecule has 0 unspecified atom stereocenters. The second-order valence-electron chi connectivity index (χ2n) is 7.10. The zero-order valence-corrected chi connectivity index (χ0v) is 16.3. The summed E-state index contributed by atoms with van der Waals surface area (Å²) in [5, 5.41) is 0. The topological polar surface area (TPSA) is 65.1 Å². The number of carbonyl (C=O) groups excluding carboxylic acids is 2. The first-order valence-corrected chi connectivity index (χ1v) is 9.77. The Balaban J connectivity index is 1.42. The molecule has 0 radical (unpaired) electrons. The zero-order valence-electron chi connectivity index (χ0n) is 16.3. The summed E-state index contributed by atoms with van der Waals surface area (Å²) in [4.78, 5) is 26.7. The van der Waals surface area contributed by atoms with Gasteiger partial charge in [0.2, 0.25) is 5.78 Å². The highest BCUT2D eigenvalue weighted by Gasteiger charge is 2.28. The van der Waals surface area contributed by atoms with E-state index < -0.39 is 0 Å². The van der Waals surface area contributed by atoms with Gasteiger partial charge >= 0.3 is 0 Å². The van der Waals surface area contributed by atoms with Crippen LogP contribution in [-0.4, -0.2) is 43.4 Å². The molecule has 2 heterocycles. The third kappa shape index (κ3) is 4.26. The number of fused-ring (bicyclic) bond motifs is 1. The predicted octanol–water partition coefficient (Wildman–Crippen LogP) is 3.70. The van der Waals surface area contributed by atoms with E-state index in [0.29, 0.717) is 17.1 Å². The number of benzene rings is 2. The number of ether oxygens (including phenoxy) is 3. The van der Waals surface area contributed by atoms with Crippen LogP contribution >= 0.6 is 0 Å². The Morgan fingerprint density at radius 3 is 2.52 bits per heavy atom. The number of amides is 1. The van der Waals surface area contributed by atoms with Gasteiger partial charge in [-0.3, -0.25) is 9.59 Å². The van der Waals surface area contributed by atoms with Crippen molar-refractivity contribution in [1.82, 2.24) is 4.90 Å². The predicted molar refractivity (Wildman–Crippen MR) is 108 cm³/mol. The van der Waals surface area contributed by atoms with Gasteiger partial charge in [0, 0.05) is 19.2 Å². The fourth-order valence-corrected chi connectivity index (χ4v) is 3.49. The number of allylic oxidation sites excluding steroid dienone is 1. The lowest BCUT2D eigenvalue weighted by Crippen LogP contribution is -2.38. The van der Waals surface area contributed by atoms with Gasteiger partial charge in [0.25, 0.3) is 5.91 Å². The van der Waals surface area contributed by atoms with Crippen LogP contribution in [-0.2, 0) is 4.79 Å². The highest BCUT2D eigenvalue weighted by Crippen LogP contribution is 2.35. The highest BCUT2D eigenvalue weighted by atomic mass is 16.5. The third-order valence-electron chi connectivity index (χ3n) is 5.13. The van der Waals surface area contributed by atoms with E-state index in [1.807, 2.05) is 29.2 Å². The van der Waals surface area contributed by atoms with Crippen molar-refractivity contribution in [3.63, 3.8) is 0 Å². The molecule has 2 aromatic carbocycles. The Hall–Kier alpha value is -3.28. The molecule has 1 amide bonds. The summed E-state index contributed by atoms with van der Waals surface area (Å²) in [7, 11) is 1.60. The minimum Gasteiger partial charge on any atom is -0.497 e. The van der Waals surface area contributed by atoms with E-state index in [1.54, 1.807) is 31.4 Å². The fraction of sp³-hybridized carbons (Fsp3) is 0.304. The Morgan fingerprint density at radius 2 is 1.79 bits per heavy atom. The molecule has 0 atom stereocenters. The van der Waals surface area contributed by atoms with Gasteiger partial charge in [-0.1, -0.05) is 12.1 Å². The Kier molecular flexibility index (Phi) is 5.51. The molecule has 2 aliphatic heterocycles. The summed E-state index contributed by atoms with van der Waals surface area (Å²) < 4.78 is 16.5. The van der Waals surface area contributed by atoms with E-state index in [9.17, 15) is 9.59 Å². The normalized spacial score (nSPS) is 17.1. The molecule has 4 rings (SSSR count). The first-order valence-electron chi connectivity index (χ1n) is 9.77. The van der Waals surface area contributed by atoms with Crippen molar-refractivity contribution in [3.05, 3.63) is 59.4 Å². The zero-order chi connectivity index (χ0) is 20.2. The van der Waals surface area contributed by atoms with Gasteiger partial charge in [0.05, 0.1) is 12.7 Å². The number of methoxy groups -OCH3 is 1.